The van der Waals surface area contributed by atoms with Gasteiger partial charge >= 0.3 is 0 Å². The van der Waals surface area contributed by atoms with Gasteiger partial charge in [0.25, 0.3) is 0 Å². The van der Waals surface area contributed by atoms with Gasteiger partial charge in [0.1, 0.15) is 24.2 Å². The van der Waals surface area contributed by atoms with Crippen molar-refractivity contribution < 1.29 is 9.15 Å². The fourth-order valence-corrected chi connectivity index (χ4v) is 3.35. The summed E-state index contributed by atoms with van der Waals surface area (Å²) in [7, 11) is 1.68. The number of hydrogen-bond acceptors (Lipinski definition) is 4. The molecule has 0 amide bonds. The molecule has 0 radical (unpaired) electrons. The van der Waals surface area contributed by atoms with Gasteiger partial charge in [-0.25, -0.2) is 0 Å². The highest BCUT2D eigenvalue weighted by Gasteiger charge is 2.21. The first-order valence-electron chi connectivity index (χ1n) is 7.17. The van der Waals surface area contributed by atoms with Crippen molar-refractivity contribution in [3.8, 4) is 0 Å². The fourth-order valence-electron chi connectivity index (χ4n) is 2.27. The molecule has 1 N–H and O–H groups in total. The van der Waals surface area contributed by atoms with E-state index in [0.29, 0.717) is 6.61 Å². The number of furan rings is 1. The van der Waals surface area contributed by atoms with Crippen molar-refractivity contribution in [1.29, 1.82) is 0 Å². The second-order valence-electron chi connectivity index (χ2n) is 4.79. The van der Waals surface area contributed by atoms with E-state index < -0.39 is 0 Å². The predicted molar refractivity (Wildman–Crippen MR) is 83.3 cm³/mol. The lowest BCUT2D eigenvalue weighted by atomic mass is 10.1. The van der Waals surface area contributed by atoms with Crippen molar-refractivity contribution in [2.24, 2.45) is 0 Å². The topological polar surface area (TPSA) is 34.4 Å². The van der Waals surface area contributed by atoms with E-state index in [-0.39, 0.29) is 6.04 Å². The standard InChI is InChI=1S/C16H23NO2S/c1-4-9-17-15(16-12(5-2)8-10-20-16)14-7-6-13(19-14)11-18-3/h6-8,10,15,17H,4-5,9,11H2,1-3H3. The van der Waals surface area contributed by atoms with Crippen LogP contribution in [0.15, 0.2) is 28.0 Å². The Labute approximate surface area is 125 Å². The SMILES string of the molecule is CCCNC(c1ccc(COC)o1)c1sccc1CC. The summed E-state index contributed by atoms with van der Waals surface area (Å²) in [5.41, 5.74) is 1.40. The number of thiophene rings is 1. The van der Waals surface area contributed by atoms with Gasteiger partial charge < -0.3 is 14.5 Å². The smallest absolute Gasteiger partial charge is 0.129 e. The first kappa shape index (κ1) is 15.3. The van der Waals surface area contributed by atoms with Crippen LogP contribution in [0.2, 0.25) is 0 Å². The van der Waals surface area contributed by atoms with Gasteiger partial charge in [-0.1, -0.05) is 13.8 Å². The van der Waals surface area contributed by atoms with E-state index in [1.54, 1.807) is 18.4 Å². The van der Waals surface area contributed by atoms with Gasteiger partial charge in [0.2, 0.25) is 0 Å². The summed E-state index contributed by atoms with van der Waals surface area (Å²) >= 11 is 1.80. The largest absolute Gasteiger partial charge is 0.462 e. The lowest BCUT2D eigenvalue weighted by Gasteiger charge is -2.16. The molecule has 0 aromatic carbocycles. The first-order chi connectivity index (χ1) is 9.80. The van der Waals surface area contributed by atoms with Crippen LogP contribution in [0.4, 0.5) is 0 Å². The number of hydrogen-bond donors (Lipinski definition) is 1. The summed E-state index contributed by atoms with van der Waals surface area (Å²) in [5, 5.41) is 5.75. The van der Waals surface area contributed by atoms with Crippen LogP contribution in [0, 0.1) is 0 Å². The molecule has 0 spiro atoms. The lowest BCUT2D eigenvalue weighted by molar-refractivity contribution is 0.162. The number of rotatable bonds is 8. The second-order valence-corrected chi connectivity index (χ2v) is 5.74. The van der Waals surface area contributed by atoms with Gasteiger partial charge in [0, 0.05) is 12.0 Å². The average molecular weight is 293 g/mol. The number of methoxy groups -OCH3 is 1. The van der Waals surface area contributed by atoms with Crippen LogP contribution in [0.1, 0.15) is 48.3 Å². The molecule has 0 aliphatic heterocycles. The highest BCUT2D eigenvalue weighted by molar-refractivity contribution is 7.10. The normalized spacial score (nSPS) is 12.8. The summed E-state index contributed by atoms with van der Waals surface area (Å²) in [6.45, 7) is 5.87. The highest BCUT2D eigenvalue weighted by Crippen LogP contribution is 2.31. The van der Waals surface area contributed by atoms with Crippen molar-refractivity contribution in [3.63, 3.8) is 0 Å². The van der Waals surface area contributed by atoms with E-state index in [1.165, 1.54) is 10.4 Å². The monoisotopic (exact) mass is 293 g/mol. The Kier molecular flexibility index (Phi) is 5.83. The predicted octanol–water partition coefficient (Wildman–Crippen LogP) is 4.14. The zero-order valence-corrected chi connectivity index (χ0v) is 13.3. The van der Waals surface area contributed by atoms with Crippen LogP contribution in [0.5, 0.6) is 0 Å². The Morgan fingerprint density at radius 1 is 1.30 bits per heavy atom. The van der Waals surface area contributed by atoms with Gasteiger partial charge in [0.05, 0.1) is 0 Å². The lowest BCUT2D eigenvalue weighted by Crippen LogP contribution is -2.22. The molecule has 2 aromatic heterocycles. The summed E-state index contributed by atoms with van der Waals surface area (Å²) in [6, 6.07) is 6.41. The zero-order chi connectivity index (χ0) is 14.4. The Bertz CT molecular complexity index is 518. The van der Waals surface area contributed by atoms with Gasteiger partial charge in [-0.15, -0.1) is 11.3 Å². The van der Waals surface area contributed by atoms with Gasteiger partial charge in [-0.2, -0.15) is 0 Å². The van der Waals surface area contributed by atoms with Gasteiger partial charge in [0.15, 0.2) is 0 Å². The van der Waals surface area contributed by atoms with Crippen LogP contribution in [0.3, 0.4) is 0 Å². The number of nitrogens with one attached hydrogen (secondary N) is 1. The third kappa shape index (κ3) is 3.51. The first-order valence-corrected chi connectivity index (χ1v) is 8.05. The Hall–Kier alpha value is -1.10. The molecule has 110 valence electrons. The van der Waals surface area contributed by atoms with Gasteiger partial charge in [-0.3, -0.25) is 0 Å². The average Bonchev–Trinajstić information content (AvgIpc) is 3.09. The van der Waals surface area contributed by atoms with Crippen LogP contribution >= 0.6 is 11.3 Å². The van der Waals surface area contributed by atoms with Crippen molar-refractivity contribution in [1.82, 2.24) is 5.32 Å². The summed E-state index contributed by atoms with van der Waals surface area (Å²) in [5.74, 6) is 1.85. The Morgan fingerprint density at radius 3 is 2.85 bits per heavy atom. The molecule has 3 nitrogen and oxygen atoms in total. The molecule has 1 atom stereocenters. The quantitative estimate of drug-likeness (QED) is 0.794. The number of ether oxygens (including phenoxy) is 1. The van der Waals surface area contributed by atoms with Crippen molar-refractivity contribution >= 4 is 11.3 Å². The third-order valence-electron chi connectivity index (χ3n) is 3.28. The van der Waals surface area contributed by atoms with Crippen LogP contribution < -0.4 is 5.32 Å². The molecule has 2 rings (SSSR count). The van der Waals surface area contributed by atoms with Crippen molar-refractivity contribution in [2.45, 2.75) is 39.3 Å². The van der Waals surface area contributed by atoms with Crippen LogP contribution in [0.25, 0.3) is 0 Å². The molecule has 2 aromatic rings. The summed E-state index contributed by atoms with van der Waals surface area (Å²) in [6.07, 6.45) is 2.16. The highest BCUT2D eigenvalue weighted by atomic mass is 32.1. The second kappa shape index (κ2) is 7.62. The molecule has 2 heterocycles. The third-order valence-corrected chi connectivity index (χ3v) is 4.30. The Balaban J connectivity index is 2.26. The molecule has 0 fully saturated rings. The molecule has 1 unspecified atom stereocenters. The molecular formula is C16H23NO2S. The van der Waals surface area contributed by atoms with E-state index in [2.05, 4.69) is 36.7 Å². The van der Waals surface area contributed by atoms with Crippen molar-refractivity contribution in [3.05, 3.63) is 45.5 Å². The zero-order valence-electron chi connectivity index (χ0n) is 12.4. The minimum Gasteiger partial charge on any atom is -0.462 e. The maximum absolute atomic E-state index is 5.93. The maximum Gasteiger partial charge on any atom is 0.129 e. The summed E-state index contributed by atoms with van der Waals surface area (Å²) < 4.78 is 11.1. The molecule has 0 bridgehead atoms. The minimum absolute atomic E-state index is 0.149. The number of aryl methyl sites for hydroxylation is 1. The van der Waals surface area contributed by atoms with Crippen molar-refractivity contribution in [2.75, 3.05) is 13.7 Å². The van der Waals surface area contributed by atoms with E-state index >= 15 is 0 Å². The van der Waals surface area contributed by atoms with Gasteiger partial charge in [-0.05, 0) is 48.5 Å². The van der Waals surface area contributed by atoms with E-state index in [4.69, 9.17) is 9.15 Å². The van der Waals surface area contributed by atoms with E-state index in [9.17, 15) is 0 Å². The van der Waals surface area contributed by atoms with Crippen LogP contribution in [-0.4, -0.2) is 13.7 Å². The minimum atomic E-state index is 0.149. The summed E-state index contributed by atoms with van der Waals surface area (Å²) in [4.78, 5) is 1.36. The molecule has 0 aliphatic rings. The maximum atomic E-state index is 5.93. The molecule has 0 aliphatic carbocycles. The molecule has 0 saturated heterocycles. The molecule has 20 heavy (non-hydrogen) atoms. The molecular weight excluding hydrogens is 270 g/mol. The van der Waals surface area contributed by atoms with E-state index in [1.807, 2.05) is 6.07 Å². The van der Waals surface area contributed by atoms with E-state index in [0.717, 1.165) is 30.9 Å². The fraction of sp³-hybridized carbons (Fsp3) is 0.500. The molecule has 4 heteroatoms. The van der Waals surface area contributed by atoms with Crippen LogP contribution in [-0.2, 0) is 17.8 Å². The molecule has 0 saturated carbocycles. The Morgan fingerprint density at radius 2 is 2.15 bits per heavy atom.